The first-order chi connectivity index (χ1) is 14.7. The van der Waals surface area contributed by atoms with Crippen LogP contribution in [0.25, 0.3) is 5.57 Å². The molecule has 3 heteroatoms. The van der Waals surface area contributed by atoms with Crippen LogP contribution in [-0.4, -0.2) is 46.7 Å². The molecular formula is C27H40NOSi. The Hall–Kier alpha value is -1.68. The number of rotatable bonds is 15. The summed E-state index contributed by atoms with van der Waals surface area (Å²) in [6, 6.07) is 20.8. The molecule has 0 spiro atoms. The largest absolute Gasteiger partial charge is 0.388 e. The molecule has 0 fully saturated rings. The van der Waals surface area contributed by atoms with Gasteiger partial charge in [-0.15, -0.1) is 0 Å². The van der Waals surface area contributed by atoms with Crippen LogP contribution < -0.4 is 5.19 Å². The van der Waals surface area contributed by atoms with E-state index in [1.807, 2.05) is 13.2 Å². The lowest BCUT2D eigenvalue weighted by Crippen LogP contribution is -2.36. The number of hydrogen-bond acceptors (Lipinski definition) is 2. The maximum atomic E-state index is 5.61. The molecule has 0 saturated carbocycles. The molecule has 0 atom stereocenters. The number of ether oxygens (including phenoxy) is 1. The Morgan fingerprint density at radius 2 is 1.40 bits per heavy atom. The van der Waals surface area contributed by atoms with Gasteiger partial charge in [0.15, 0.2) is 0 Å². The van der Waals surface area contributed by atoms with Crippen molar-refractivity contribution in [2.24, 2.45) is 0 Å². The second-order valence-electron chi connectivity index (χ2n) is 8.11. The molecule has 0 aliphatic rings. The summed E-state index contributed by atoms with van der Waals surface area (Å²) in [5.74, 6) is 0. The van der Waals surface area contributed by atoms with Crippen molar-refractivity contribution in [3.63, 3.8) is 0 Å². The predicted octanol–water partition coefficient (Wildman–Crippen LogP) is 5.93. The van der Waals surface area contributed by atoms with Gasteiger partial charge < -0.3 is 9.64 Å². The molecule has 0 aromatic heterocycles. The monoisotopic (exact) mass is 422 g/mol. The average Bonchev–Trinajstić information content (AvgIpc) is 2.80. The summed E-state index contributed by atoms with van der Waals surface area (Å²) in [6.07, 6.45) is 7.33. The van der Waals surface area contributed by atoms with Crippen LogP contribution in [0.15, 0.2) is 61.2 Å². The van der Waals surface area contributed by atoms with E-state index >= 15 is 0 Å². The third-order valence-corrected chi connectivity index (χ3v) is 8.44. The third kappa shape index (κ3) is 8.21. The molecular weight excluding hydrogens is 382 g/mol. The quantitative estimate of drug-likeness (QED) is 0.330. The van der Waals surface area contributed by atoms with Gasteiger partial charge in [-0.2, -0.15) is 0 Å². The van der Waals surface area contributed by atoms with Crippen LogP contribution in [0.3, 0.4) is 0 Å². The van der Waals surface area contributed by atoms with Crippen molar-refractivity contribution < 1.29 is 4.74 Å². The zero-order valence-electron chi connectivity index (χ0n) is 19.3. The summed E-state index contributed by atoms with van der Waals surface area (Å²) in [5, 5.41) is 1.47. The molecule has 163 valence electrons. The van der Waals surface area contributed by atoms with E-state index in [9.17, 15) is 0 Å². The summed E-state index contributed by atoms with van der Waals surface area (Å²) in [6.45, 7) is 12.6. The normalized spacial score (nSPS) is 11.4. The van der Waals surface area contributed by atoms with Crippen LogP contribution in [0, 0.1) is 0 Å². The van der Waals surface area contributed by atoms with Gasteiger partial charge in [0, 0.05) is 13.3 Å². The van der Waals surface area contributed by atoms with E-state index in [4.69, 9.17) is 4.74 Å². The first kappa shape index (κ1) is 24.6. The lowest BCUT2D eigenvalue weighted by Gasteiger charge is -2.23. The molecule has 0 amide bonds. The minimum atomic E-state index is -0.693. The molecule has 30 heavy (non-hydrogen) atoms. The second-order valence-corrected chi connectivity index (χ2v) is 10.7. The lowest BCUT2D eigenvalue weighted by molar-refractivity contribution is 0.247. The molecule has 0 aliphatic carbocycles. The first-order valence-corrected chi connectivity index (χ1v) is 13.5. The molecule has 0 saturated heterocycles. The van der Waals surface area contributed by atoms with Crippen LogP contribution in [0.4, 0.5) is 0 Å². The van der Waals surface area contributed by atoms with Crippen molar-refractivity contribution in [2.45, 2.75) is 52.0 Å². The fourth-order valence-electron chi connectivity index (χ4n) is 3.80. The fraction of sp³-hybridized carbons (Fsp3) is 0.481. The number of methoxy groups -OCH3 is 1. The van der Waals surface area contributed by atoms with E-state index in [1.165, 1.54) is 74.1 Å². The molecule has 0 heterocycles. The van der Waals surface area contributed by atoms with E-state index in [-0.39, 0.29) is 0 Å². The second kappa shape index (κ2) is 14.3. The summed E-state index contributed by atoms with van der Waals surface area (Å²) in [4.78, 5) is 2.67. The van der Waals surface area contributed by atoms with Gasteiger partial charge in [0.1, 0.15) is 8.80 Å². The van der Waals surface area contributed by atoms with Crippen LogP contribution in [0.5, 0.6) is 0 Å². The molecule has 0 unspecified atom stereocenters. The highest BCUT2D eigenvalue weighted by Crippen LogP contribution is 2.20. The van der Waals surface area contributed by atoms with Crippen LogP contribution in [-0.2, 0) is 4.74 Å². The Bertz CT molecular complexity index is 705. The summed E-state index contributed by atoms with van der Waals surface area (Å²) in [5.41, 5.74) is 3.48. The van der Waals surface area contributed by atoms with Gasteiger partial charge in [-0.1, -0.05) is 99.1 Å². The van der Waals surface area contributed by atoms with Crippen molar-refractivity contribution >= 4 is 19.6 Å². The zero-order valence-corrected chi connectivity index (χ0v) is 20.3. The van der Waals surface area contributed by atoms with Crippen molar-refractivity contribution in [2.75, 3.05) is 33.0 Å². The van der Waals surface area contributed by atoms with Gasteiger partial charge in [-0.3, -0.25) is 0 Å². The molecule has 2 rings (SSSR count). The Labute approximate surface area is 186 Å². The Balaban J connectivity index is 1.95. The lowest BCUT2D eigenvalue weighted by atomic mass is 10.00. The van der Waals surface area contributed by atoms with Gasteiger partial charge in [-0.05, 0) is 55.6 Å². The maximum Gasteiger partial charge on any atom is 0.116 e. The average molecular weight is 423 g/mol. The van der Waals surface area contributed by atoms with Crippen LogP contribution in [0.1, 0.15) is 57.1 Å². The minimum absolute atomic E-state index is 0.693. The van der Waals surface area contributed by atoms with Crippen LogP contribution >= 0.6 is 0 Å². The number of hydrogen-bond donors (Lipinski definition) is 0. The molecule has 2 nitrogen and oxygen atoms in total. The zero-order chi connectivity index (χ0) is 21.6. The summed E-state index contributed by atoms with van der Waals surface area (Å²) in [7, 11) is 1.15. The topological polar surface area (TPSA) is 12.5 Å². The van der Waals surface area contributed by atoms with Crippen molar-refractivity contribution in [3.05, 3.63) is 72.3 Å². The molecule has 0 aliphatic heterocycles. The molecule has 2 aromatic carbocycles. The van der Waals surface area contributed by atoms with E-state index in [0.29, 0.717) is 0 Å². The molecule has 2 aromatic rings. The van der Waals surface area contributed by atoms with E-state index in [1.54, 1.807) is 0 Å². The third-order valence-electron chi connectivity index (χ3n) is 5.69. The van der Waals surface area contributed by atoms with E-state index in [0.717, 1.165) is 11.8 Å². The van der Waals surface area contributed by atoms with Crippen molar-refractivity contribution in [3.8, 4) is 0 Å². The van der Waals surface area contributed by atoms with Crippen molar-refractivity contribution in [1.29, 1.82) is 0 Å². The summed E-state index contributed by atoms with van der Waals surface area (Å²) >= 11 is 0. The number of benzene rings is 2. The van der Waals surface area contributed by atoms with Crippen molar-refractivity contribution in [1.82, 2.24) is 4.90 Å². The Kier molecular flexibility index (Phi) is 11.8. The number of nitrogens with zero attached hydrogens (tertiary/aromatic N) is 1. The maximum absolute atomic E-state index is 5.61. The SMILES string of the molecule is C=C(c1ccccc1)c1ccc([Si](CCCN(CCCC)CCCC)COC)cc1. The predicted molar refractivity (Wildman–Crippen MR) is 134 cm³/mol. The Morgan fingerprint density at radius 3 is 1.97 bits per heavy atom. The molecule has 1 radical (unpaired) electrons. The first-order valence-electron chi connectivity index (χ1n) is 11.6. The highest BCUT2D eigenvalue weighted by atomic mass is 28.3. The summed E-state index contributed by atoms with van der Waals surface area (Å²) < 4.78 is 5.61. The molecule has 0 N–H and O–H groups in total. The fourth-order valence-corrected chi connectivity index (χ4v) is 5.97. The van der Waals surface area contributed by atoms with Gasteiger partial charge >= 0.3 is 0 Å². The standard InChI is InChI=1S/C27H40NOSi/c1-5-7-19-28(20-8-6-2)21-12-22-30(23-29-4)27-17-15-26(16-18-27)24(3)25-13-10-9-11-14-25/h9-11,13-18H,3,5-8,12,19-23H2,1-2,4H3. The number of unbranched alkanes of at least 4 members (excludes halogenated alkanes) is 2. The van der Waals surface area contributed by atoms with Gasteiger partial charge in [-0.25, -0.2) is 0 Å². The van der Waals surface area contributed by atoms with E-state index < -0.39 is 8.80 Å². The highest BCUT2D eigenvalue weighted by Gasteiger charge is 2.15. The molecule has 0 bridgehead atoms. The minimum Gasteiger partial charge on any atom is -0.388 e. The van der Waals surface area contributed by atoms with Gasteiger partial charge in [0.25, 0.3) is 0 Å². The van der Waals surface area contributed by atoms with E-state index in [2.05, 4.69) is 73.9 Å². The Morgan fingerprint density at radius 1 is 0.833 bits per heavy atom. The van der Waals surface area contributed by atoms with Gasteiger partial charge in [0.05, 0.1) is 0 Å². The van der Waals surface area contributed by atoms with Gasteiger partial charge in [0.2, 0.25) is 0 Å². The van der Waals surface area contributed by atoms with Crippen LogP contribution in [0.2, 0.25) is 6.04 Å². The smallest absolute Gasteiger partial charge is 0.116 e. The highest BCUT2D eigenvalue weighted by molar-refractivity contribution is 6.73.